The van der Waals surface area contributed by atoms with E-state index in [-0.39, 0.29) is 5.91 Å². The second-order valence-electron chi connectivity index (χ2n) is 3.59. The van der Waals surface area contributed by atoms with Crippen LogP contribution in [-0.4, -0.2) is 27.7 Å². The molecule has 0 fully saturated rings. The summed E-state index contributed by atoms with van der Waals surface area (Å²) < 4.78 is 4.63. The molecular weight excluding hydrogens is 238 g/mol. The van der Waals surface area contributed by atoms with Gasteiger partial charge in [-0.15, -0.1) is 11.3 Å². The van der Waals surface area contributed by atoms with Gasteiger partial charge in [0.2, 0.25) is 0 Å². The minimum absolute atomic E-state index is 0.0184. The van der Waals surface area contributed by atoms with Crippen molar-refractivity contribution < 1.29 is 9.42 Å². The highest BCUT2D eigenvalue weighted by molar-refractivity contribution is 7.12. The van der Waals surface area contributed by atoms with Gasteiger partial charge < -0.3 is 4.90 Å². The largest absolute Gasteiger partial charge is 0.332 e. The topological polar surface area (TPSA) is 59.2 Å². The van der Waals surface area contributed by atoms with E-state index in [1.165, 1.54) is 11.3 Å². The van der Waals surface area contributed by atoms with Crippen molar-refractivity contribution in [3.8, 4) is 0 Å². The van der Waals surface area contributed by atoms with Crippen LogP contribution in [0, 0.1) is 6.92 Å². The highest BCUT2D eigenvalue weighted by Gasteiger charge is 2.18. The first-order valence-electron chi connectivity index (χ1n) is 5.33. The van der Waals surface area contributed by atoms with Gasteiger partial charge in [0, 0.05) is 6.54 Å². The normalized spacial score (nSPS) is 10.5. The van der Waals surface area contributed by atoms with E-state index in [2.05, 4.69) is 14.9 Å². The Balaban J connectivity index is 2.12. The number of aromatic nitrogens is 2. The fraction of sp³-hybridized carbons (Fsp3) is 0.364. The van der Waals surface area contributed by atoms with Crippen LogP contribution < -0.4 is 0 Å². The van der Waals surface area contributed by atoms with Gasteiger partial charge in [0.15, 0.2) is 0 Å². The molecule has 0 aliphatic heterocycles. The number of rotatable bonds is 4. The van der Waals surface area contributed by atoms with Crippen molar-refractivity contribution in [1.82, 2.24) is 15.2 Å². The first-order valence-corrected chi connectivity index (χ1v) is 6.21. The summed E-state index contributed by atoms with van der Waals surface area (Å²) in [4.78, 5) is 14.6. The molecule has 0 radical (unpaired) electrons. The fourth-order valence-corrected chi connectivity index (χ4v) is 2.15. The highest BCUT2D eigenvalue weighted by Crippen LogP contribution is 2.14. The van der Waals surface area contributed by atoms with E-state index in [4.69, 9.17) is 0 Å². The molecule has 1 amide bonds. The number of hydrogen-bond donors (Lipinski definition) is 0. The SMILES string of the molecule is CCN(Cc1nonc1C)C(=O)c1cccs1. The van der Waals surface area contributed by atoms with Crippen LogP contribution in [0.5, 0.6) is 0 Å². The van der Waals surface area contributed by atoms with Gasteiger partial charge in [-0.1, -0.05) is 16.4 Å². The average molecular weight is 251 g/mol. The summed E-state index contributed by atoms with van der Waals surface area (Å²) in [6.07, 6.45) is 0. The van der Waals surface area contributed by atoms with Crippen LogP contribution in [0.3, 0.4) is 0 Å². The third-order valence-electron chi connectivity index (χ3n) is 2.49. The van der Waals surface area contributed by atoms with Gasteiger partial charge in [-0.3, -0.25) is 4.79 Å². The summed E-state index contributed by atoms with van der Waals surface area (Å²) in [6.45, 7) is 4.81. The molecule has 2 heterocycles. The molecule has 2 rings (SSSR count). The van der Waals surface area contributed by atoms with E-state index in [1.54, 1.807) is 4.90 Å². The van der Waals surface area contributed by atoms with Crippen LogP contribution in [0.1, 0.15) is 28.0 Å². The zero-order chi connectivity index (χ0) is 12.3. The molecule has 5 nitrogen and oxygen atoms in total. The predicted octanol–water partition coefficient (Wildman–Crippen LogP) is 2.10. The van der Waals surface area contributed by atoms with Crippen LogP contribution in [0.4, 0.5) is 0 Å². The van der Waals surface area contributed by atoms with Gasteiger partial charge in [-0.2, -0.15) is 0 Å². The molecule has 0 N–H and O–H groups in total. The number of carbonyl (C=O) groups excluding carboxylic acids is 1. The number of amides is 1. The Kier molecular flexibility index (Phi) is 3.53. The van der Waals surface area contributed by atoms with Crippen molar-refractivity contribution in [1.29, 1.82) is 0 Å². The summed E-state index contributed by atoms with van der Waals surface area (Å²) in [6, 6.07) is 3.69. The maximum Gasteiger partial charge on any atom is 0.264 e. The molecule has 6 heteroatoms. The van der Waals surface area contributed by atoms with Gasteiger partial charge in [-0.05, 0) is 25.3 Å². The lowest BCUT2D eigenvalue weighted by Crippen LogP contribution is -2.30. The zero-order valence-corrected chi connectivity index (χ0v) is 10.5. The summed E-state index contributed by atoms with van der Waals surface area (Å²) in [5.41, 5.74) is 1.43. The summed E-state index contributed by atoms with van der Waals surface area (Å²) in [7, 11) is 0. The molecule has 0 aromatic carbocycles. The minimum Gasteiger partial charge on any atom is -0.332 e. The molecule has 17 heavy (non-hydrogen) atoms. The molecule has 2 aromatic rings. The van der Waals surface area contributed by atoms with E-state index < -0.39 is 0 Å². The van der Waals surface area contributed by atoms with Crippen molar-refractivity contribution in [2.24, 2.45) is 0 Å². The smallest absolute Gasteiger partial charge is 0.264 e. The van der Waals surface area contributed by atoms with Crippen molar-refractivity contribution in [2.45, 2.75) is 20.4 Å². The molecule has 0 unspecified atom stereocenters. The Morgan fingerprint density at radius 1 is 1.53 bits per heavy atom. The standard InChI is InChI=1S/C11H13N3O2S/c1-3-14(7-9-8(2)12-16-13-9)11(15)10-5-4-6-17-10/h4-6H,3,7H2,1-2H3. The van der Waals surface area contributed by atoms with E-state index in [9.17, 15) is 4.79 Å². The first kappa shape index (κ1) is 11.8. The first-order chi connectivity index (χ1) is 8.22. The molecule has 0 aliphatic carbocycles. The molecule has 0 bridgehead atoms. The maximum atomic E-state index is 12.1. The lowest BCUT2D eigenvalue weighted by Gasteiger charge is -2.18. The third-order valence-corrected chi connectivity index (χ3v) is 3.35. The molecule has 0 atom stereocenters. The molecule has 0 saturated heterocycles. The van der Waals surface area contributed by atoms with Gasteiger partial charge in [0.05, 0.1) is 11.4 Å². The Morgan fingerprint density at radius 2 is 2.35 bits per heavy atom. The van der Waals surface area contributed by atoms with Crippen LogP contribution in [-0.2, 0) is 6.54 Å². The lowest BCUT2D eigenvalue weighted by molar-refractivity contribution is 0.0753. The molecule has 2 aromatic heterocycles. The third kappa shape index (κ3) is 2.52. The Morgan fingerprint density at radius 3 is 2.88 bits per heavy atom. The number of carbonyl (C=O) groups is 1. The van der Waals surface area contributed by atoms with E-state index in [0.717, 1.165) is 10.6 Å². The lowest BCUT2D eigenvalue weighted by atomic mass is 10.3. The predicted molar refractivity (Wildman–Crippen MR) is 63.8 cm³/mol. The van der Waals surface area contributed by atoms with Crippen LogP contribution in [0.15, 0.2) is 22.1 Å². The van der Waals surface area contributed by atoms with Gasteiger partial charge in [-0.25, -0.2) is 4.63 Å². The zero-order valence-electron chi connectivity index (χ0n) is 9.71. The highest BCUT2D eigenvalue weighted by atomic mass is 32.1. The Bertz CT molecular complexity index is 493. The van der Waals surface area contributed by atoms with Crippen molar-refractivity contribution in [2.75, 3.05) is 6.54 Å². The molecule has 0 spiro atoms. The Labute approximate surface area is 103 Å². The second kappa shape index (κ2) is 5.09. The summed E-state index contributed by atoms with van der Waals surface area (Å²) in [5, 5.41) is 9.39. The number of nitrogens with zero attached hydrogens (tertiary/aromatic N) is 3. The average Bonchev–Trinajstić information content (AvgIpc) is 2.97. The van der Waals surface area contributed by atoms with Crippen molar-refractivity contribution in [3.63, 3.8) is 0 Å². The van der Waals surface area contributed by atoms with E-state index in [1.807, 2.05) is 31.4 Å². The summed E-state index contributed by atoms with van der Waals surface area (Å²) in [5.74, 6) is 0.0184. The van der Waals surface area contributed by atoms with E-state index in [0.29, 0.717) is 18.8 Å². The molecule has 0 aliphatic rings. The molecule has 90 valence electrons. The van der Waals surface area contributed by atoms with Crippen molar-refractivity contribution in [3.05, 3.63) is 33.8 Å². The number of aryl methyl sites for hydroxylation is 1. The quantitative estimate of drug-likeness (QED) is 0.835. The number of hydrogen-bond acceptors (Lipinski definition) is 5. The van der Waals surface area contributed by atoms with Crippen LogP contribution in [0.25, 0.3) is 0 Å². The Hall–Kier alpha value is -1.69. The second-order valence-corrected chi connectivity index (χ2v) is 4.54. The monoisotopic (exact) mass is 251 g/mol. The minimum atomic E-state index is 0.0184. The summed E-state index contributed by atoms with van der Waals surface area (Å²) >= 11 is 1.44. The van der Waals surface area contributed by atoms with Gasteiger partial charge >= 0.3 is 0 Å². The van der Waals surface area contributed by atoms with Crippen LogP contribution >= 0.6 is 11.3 Å². The van der Waals surface area contributed by atoms with Crippen LogP contribution in [0.2, 0.25) is 0 Å². The van der Waals surface area contributed by atoms with Crippen molar-refractivity contribution >= 4 is 17.2 Å². The maximum absolute atomic E-state index is 12.1. The van der Waals surface area contributed by atoms with Gasteiger partial charge in [0.25, 0.3) is 5.91 Å². The molecule has 0 saturated carbocycles. The van der Waals surface area contributed by atoms with Gasteiger partial charge in [0.1, 0.15) is 11.4 Å². The van der Waals surface area contributed by atoms with E-state index >= 15 is 0 Å². The number of thiophene rings is 1. The fourth-order valence-electron chi connectivity index (χ4n) is 1.46. The molecular formula is C11H13N3O2S.